The molecule has 0 saturated heterocycles. The lowest BCUT2D eigenvalue weighted by atomic mass is 10.1. The van der Waals surface area contributed by atoms with Crippen molar-refractivity contribution < 1.29 is 4.79 Å². The van der Waals surface area contributed by atoms with Crippen LogP contribution in [-0.4, -0.2) is 31.0 Å². The molecule has 1 atom stereocenters. The number of benzene rings is 1. The van der Waals surface area contributed by atoms with E-state index in [1.165, 1.54) is 33.3 Å². The maximum absolute atomic E-state index is 12.4. The van der Waals surface area contributed by atoms with Gasteiger partial charge in [0, 0.05) is 10.9 Å². The van der Waals surface area contributed by atoms with E-state index in [2.05, 4.69) is 39.6 Å². The van der Waals surface area contributed by atoms with Crippen LogP contribution in [0.4, 0.5) is 5.13 Å². The molecule has 1 aromatic carbocycles. The smallest absolute Gasteiger partial charge is 0.239 e. The van der Waals surface area contributed by atoms with Crippen LogP contribution < -0.4 is 11.2 Å². The Morgan fingerprint density at radius 2 is 2.08 bits per heavy atom. The van der Waals surface area contributed by atoms with Crippen molar-refractivity contribution in [1.29, 1.82) is 0 Å². The molecule has 0 aliphatic carbocycles. The third kappa shape index (κ3) is 4.05. The zero-order chi connectivity index (χ0) is 18.7. The topological polar surface area (TPSA) is 98.7 Å². The highest BCUT2D eigenvalue weighted by Crippen LogP contribution is 2.27. The number of carbonyl (C=O) groups excluding carboxylic acids is 1. The van der Waals surface area contributed by atoms with E-state index >= 15 is 0 Å². The van der Waals surface area contributed by atoms with Gasteiger partial charge in [-0.05, 0) is 25.8 Å². The fraction of sp³-hybridized carbons (Fsp3) is 0.294. The van der Waals surface area contributed by atoms with Crippen LogP contribution in [0.5, 0.6) is 0 Å². The second kappa shape index (κ2) is 7.88. The zero-order valence-electron chi connectivity index (χ0n) is 14.8. The van der Waals surface area contributed by atoms with Gasteiger partial charge in [-0.25, -0.2) is 9.66 Å². The predicted molar refractivity (Wildman–Crippen MR) is 106 cm³/mol. The third-order valence-electron chi connectivity index (χ3n) is 3.88. The molecule has 7 nitrogen and oxygen atoms in total. The molecule has 3 aromatic rings. The predicted octanol–water partition coefficient (Wildman–Crippen LogP) is 3.11. The zero-order valence-corrected chi connectivity index (χ0v) is 16.4. The minimum absolute atomic E-state index is 0.155. The Morgan fingerprint density at radius 3 is 2.69 bits per heavy atom. The van der Waals surface area contributed by atoms with Crippen molar-refractivity contribution in [2.75, 3.05) is 11.2 Å². The number of thiazole rings is 1. The molecule has 136 valence electrons. The number of carbonyl (C=O) groups is 1. The molecule has 0 aliphatic rings. The standard InChI is InChI=1S/C17H20N6OS2/c1-4-12-5-7-13(8-6-12)14-9-25-16(19-14)20-15(24)10(2)26-17-22-21-11(3)23(17)18/h5-10H,4,18H2,1-3H3,(H,19,20,24)/t10-/m1/s1. The van der Waals surface area contributed by atoms with Gasteiger partial charge in [-0.2, -0.15) is 0 Å². The summed E-state index contributed by atoms with van der Waals surface area (Å²) in [6.07, 6.45) is 1.00. The van der Waals surface area contributed by atoms with E-state index in [4.69, 9.17) is 5.84 Å². The van der Waals surface area contributed by atoms with Crippen molar-refractivity contribution in [3.05, 3.63) is 41.0 Å². The Balaban J connectivity index is 1.64. The summed E-state index contributed by atoms with van der Waals surface area (Å²) < 4.78 is 1.37. The highest BCUT2D eigenvalue weighted by molar-refractivity contribution is 8.00. The lowest BCUT2D eigenvalue weighted by Gasteiger charge is -2.09. The monoisotopic (exact) mass is 388 g/mol. The van der Waals surface area contributed by atoms with Gasteiger partial charge in [-0.15, -0.1) is 21.5 Å². The van der Waals surface area contributed by atoms with E-state index in [1.54, 1.807) is 13.8 Å². The second-order valence-electron chi connectivity index (χ2n) is 5.74. The van der Waals surface area contributed by atoms with Crippen molar-refractivity contribution in [2.45, 2.75) is 37.6 Å². The second-order valence-corrected chi connectivity index (χ2v) is 7.90. The number of anilines is 1. The summed E-state index contributed by atoms with van der Waals surface area (Å²) in [5, 5.41) is 13.3. The molecule has 3 rings (SSSR count). The lowest BCUT2D eigenvalue weighted by molar-refractivity contribution is -0.115. The van der Waals surface area contributed by atoms with E-state index in [9.17, 15) is 4.79 Å². The summed E-state index contributed by atoms with van der Waals surface area (Å²) in [6, 6.07) is 8.29. The molecule has 0 radical (unpaired) electrons. The lowest BCUT2D eigenvalue weighted by Crippen LogP contribution is -2.23. The molecule has 2 aromatic heterocycles. The van der Waals surface area contributed by atoms with Gasteiger partial charge in [0.05, 0.1) is 10.9 Å². The van der Waals surface area contributed by atoms with Crippen molar-refractivity contribution in [1.82, 2.24) is 19.9 Å². The number of hydrogen-bond donors (Lipinski definition) is 2. The number of nitrogens with zero attached hydrogens (tertiary/aromatic N) is 4. The van der Waals surface area contributed by atoms with Crippen molar-refractivity contribution in [3.63, 3.8) is 0 Å². The summed E-state index contributed by atoms with van der Waals surface area (Å²) in [7, 11) is 0. The van der Waals surface area contributed by atoms with Crippen molar-refractivity contribution in [3.8, 4) is 11.3 Å². The van der Waals surface area contributed by atoms with Gasteiger partial charge >= 0.3 is 0 Å². The number of amides is 1. The summed E-state index contributed by atoms with van der Waals surface area (Å²) >= 11 is 2.66. The molecule has 3 N–H and O–H groups in total. The van der Waals surface area contributed by atoms with Gasteiger partial charge in [-0.1, -0.05) is 43.0 Å². The Kier molecular flexibility index (Phi) is 5.58. The van der Waals surface area contributed by atoms with Crippen LogP contribution in [0.15, 0.2) is 34.8 Å². The molecule has 0 aliphatic heterocycles. The summed E-state index contributed by atoms with van der Waals surface area (Å²) in [4.78, 5) is 16.9. The summed E-state index contributed by atoms with van der Waals surface area (Å²) in [5.74, 6) is 6.26. The molecule has 0 unspecified atom stereocenters. The average molecular weight is 389 g/mol. The largest absolute Gasteiger partial charge is 0.336 e. The van der Waals surface area contributed by atoms with Gasteiger partial charge in [0.15, 0.2) is 5.13 Å². The number of nitrogen functional groups attached to an aromatic ring is 1. The molecule has 26 heavy (non-hydrogen) atoms. The van der Waals surface area contributed by atoms with Crippen LogP contribution in [0.2, 0.25) is 0 Å². The number of rotatable bonds is 6. The molecule has 1 amide bonds. The first-order valence-corrected chi connectivity index (χ1v) is 9.93. The average Bonchev–Trinajstić information content (AvgIpc) is 3.23. The molecule has 2 heterocycles. The minimum Gasteiger partial charge on any atom is -0.336 e. The first-order chi connectivity index (χ1) is 12.5. The number of thioether (sulfide) groups is 1. The van der Waals surface area contributed by atoms with E-state index in [-0.39, 0.29) is 11.2 Å². The number of aromatic nitrogens is 4. The van der Waals surface area contributed by atoms with Crippen LogP contribution in [-0.2, 0) is 11.2 Å². The van der Waals surface area contributed by atoms with E-state index in [0.717, 1.165) is 17.7 Å². The van der Waals surface area contributed by atoms with Crippen LogP contribution in [0.3, 0.4) is 0 Å². The van der Waals surface area contributed by atoms with Gasteiger partial charge in [-0.3, -0.25) is 4.79 Å². The number of nitrogens with one attached hydrogen (secondary N) is 1. The molecular weight excluding hydrogens is 368 g/mol. The molecule has 0 fully saturated rings. The van der Waals surface area contributed by atoms with Crippen molar-refractivity contribution >= 4 is 34.1 Å². The molecule has 0 bridgehead atoms. The number of nitrogens with two attached hydrogens (primary N) is 1. The first kappa shape index (κ1) is 18.4. The Labute approximate surface area is 160 Å². The third-order valence-corrected chi connectivity index (χ3v) is 5.69. The van der Waals surface area contributed by atoms with E-state index in [1.807, 2.05) is 17.5 Å². The first-order valence-electron chi connectivity index (χ1n) is 8.17. The number of hydrogen-bond acceptors (Lipinski definition) is 7. The van der Waals surface area contributed by atoms with Crippen LogP contribution in [0, 0.1) is 6.92 Å². The van der Waals surface area contributed by atoms with Crippen LogP contribution in [0.25, 0.3) is 11.3 Å². The maximum Gasteiger partial charge on any atom is 0.239 e. The summed E-state index contributed by atoms with van der Waals surface area (Å²) in [6.45, 7) is 5.67. The Morgan fingerprint density at radius 1 is 1.35 bits per heavy atom. The van der Waals surface area contributed by atoms with E-state index in [0.29, 0.717) is 16.1 Å². The van der Waals surface area contributed by atoms with Crippen LogP contribution in [0.1, 0.15) is 25.2 Å². The van der Waals surface area contributed by atoms with Crippen LogP contribution >= 0.6 is 23.1 Å². The van der Waals surface area contributed by atoms with Gasteiger partial charge in [0.2, 0.25) is 11.1 Å². The highest BCUT2D eigenvalue weighted by Gasteiger charge is 2.19. The SMILES string of the molecule is CCc1ccc(-c2csc(NC(=O)[C@@H](C)Sc3nnc(C)n3N)n2)cc1. The fourth-order valence-corrected chi connectivity index (χ4v) is 3.76. The molecule has 9 heteroatoms. The molecule has 0 spiro atoms. The molecular formula is C17H20N6OS2. The van der Waals surface area contributed by atoms with Crippen molar-refractivity contribution in [2.24, 2.45) is 0 Å². The normalized spacial score (nSPS) is 12.1. The summed E-state index contributed by atoms with van der Waals surface area (Å²) in [5.41, 5.74) is 3.17. The Hall–Kier alpha value is -2.39. The fourth-order valence-electron chi connectivity index (χ4n) is 2.22. The Bertz CT molecular complexity index is 902. The highest BCUT2D eigenvalue weighted by atomic mass is 32.2. The maximum atomic E-state index is 12.4. The van der Waals surface area contributed by atoms with Gasteiger partial charge in [0.1, 0.15) is 5.82 Å². The van der Waals surface area contributed by atoms with E-state index < -0.39 is 0 Å². The number of aryl methyl sites for hydroxylation is 2. The minimum atomic E-state index is -0.378. The van der Waals surface area contributed by atoms with Gasteiger partial charge in [0.25, 0.3) is 0 Å². The quantitative estimate of drug-likeness (QED) is 0.497. The molecule has 0 saturated carbocycles. The van der Waals surface area contributed by atoms with Gasteiger partial charge < -0.3 is 11.2 Å².